The van der Waals surface area contributed by atoms with Crippen molar-refractivity contribution >= 4 is 22.9 Å². The van der Waals surface area contributed by atoms with Gasteiger partial charge >= 0.3 is 5.97 Å². The van der Waals surface area contributed by atoms with Gasteiger partial charge in [-0.15, -0.1) is 15.3 Å². The Morgan fingerprint density at radius 1 is 1.11 bits per heavy atom. The van der Waals surface area contributed by atoms with Crippen LogP contribution in [0.3, 0.4) is 0 Å². The minimum absolute atomic E-state index is 0.0350. The summed E-state index contributed by atoms with van der Waals surface area (Å²) in [5, 5.41) is 17.5. The maximum atomic E-state index is 11.8. The van der Waals surface area contributed by atoms with Crippen LogP contribution in [-0.4, -0.2) is 47.7 Å². The van der Waals surface area contributed by atoms with Crippen molar-refractivity contribution in [3.63, 3.8) is 0 Å². The van der Waals surface area contributed by atoms with E-state index >= 15 is 0 Å². The van der Waals surface area contributed by atoms with Crippen molar-refractivity contribution in [2.24, 2.45) is 0 Å². The first-order valence-corrected chi connectivity index (χ1v) is 8.42. The molecule has 1 aromatic carbocycles. The van der Waals surface area contributed by atoms with E-state index in [2.05, 4.69) is 25.4 Å². The van der Waals surface area contributed by atoms with Crippen LogP contribution >= 0.6 is 0 Å². The third-order valence-electron chi connectivity index (χ3n) is 4.22. The topological polar surface area (TPSA) is 113 Å². The number of ether oxygens (including phenoxy) is 1. The van der Waals surface area contributed by atoms with Crippen LogP contribution in [0, 0.1) is 0 Å². The zero-order valence-electron chi connectivity index (χ0n) is 14.7. The third kappa shape index (κ3) is 2.50. The van der Waals surface area contributed by atoms with E-state index in [1.165, 1.54) is 7.11 Å². The van der Waals surface area contributed by atoms with E-state index in [9.17, 15) is 4.79 Å². The quantitative estimate of drug-likeness (QED) is 0.437. The lowest BCUT2D eigenvalue weighted by Crippen LogP contribution is -2.06. The number of furan rings is 1. The molecule has 5 rings (SSSR count). The first-order chi connectivity index (χ1) is 13.7. The van der Waals surface area contributed by atoms with E-state index in [1.807, 2.05) is 30.3 Å². The molecule has 0 aliphatic carbocycles. The number of hydrogen-bond donors (Lipinski definition) is 0. The molecule has 0 saturated heterocycles. The van der Waals surface area contributed by atoms with E-state index < -0.39 is 5.97 Å². The summed E-state index contributed by atoms with van der Waals surface area (Å²) in [5.74, 6) is 0.762. The lowest BCUT2D eigenvalue weighted by Gasteiger charge is -2.02. The van der Waals surface area contributed by atoms with E-state index in [0.29, 0.717) is 34.2 Å². The Kier molecular flexibility index (Phi) is 3.61. The van der Waals surface area contributed by atoms with Crippen LogP contribution in [-0.2, 0) is 16.0 Å². The minimum atomic E-state index is -0.420. The molecule has 0 aliphatic heterocycles. The monoisotopic (exact) mass is 375 g/mol. The number of nitrogens with zero attached hydrogens (tertiary/aromatic N) is 7. The largest absolute Gasteiger partial charge is 0.469 e. The minimum Gasteiger partial charge on any atom is -0.469 e. The van der Waals surface area contributed by atoms with Crippen LogP contribution in [0.15, 0.2) is 53.1 Å². The highest BCUT2D eigenvalue weighted by atomic mass is 16.5. The maximum Gasteiger partial charge on any atom is 0.311 e. The van der Waals surface area contributed by atoms with Crippen LogP contribution in [0.2, 0.25) is 0 Å². The average Bonchev–Trinajstić information content (AvgIpc) is 3.46. The van der Waals surface area contributed by atoms with Crippen LogP contribution in [0.25, 0.3) is 34.2 Å². The summed E-state index contributed by atoms with van der Waals surface area (Å²) in [4.78, 5) is 16.2. The molecule has 28 heavy (non-hydrogen) atoms. The van der Waals surface area contributed by atoms with Gasteiger partial charge in [-0.05, 0) is 24.3 Å². The van der Waals surface area contributed by atoms with Gasteiger partial charge in [0, 0.05) is 0 Å². The summed E-state index contributed by atoms with van der Waals surface area (Å²) in [6, 6.07) is 13.0. The number of esters is 1. The summed E-state index contributed by atoms with van der Waals surface area (Å²) < 4.78 is 13.4. The second-order valence-corrected chi connectivity index (χ2v) is 5.94. The number of methoxy groups -OCH3 is 1. The molecule has 138 valence electrons. The molecule has 0 fully saturated rings. The molecule has 10 heteroatoms. The van der Waals surface area contributed by atoms with Gasteiger partial charge in [-0.25, -0.2) is 4.68 Å². The summed E-state index contributed by atoms with van der Waals surface area (Å²) in [6.45, 7) is 0. The van der Waals surface area contributed by atoms with Crippen molar-refractivity contribution in [1.82, 2.24) is 34.6 Å². The van der Waals surface area contributed by atoms with Crippen molar-refractivity contribution in [2.75, 3.05) is 7.11 Å². The Morgan fingerprint density at radius 3 is 2.71 bits per heavy atom. The third-order valence-corrected chi connectivity index (χ3v) is 4.22. The maximum absolute atomic E-state index is 11.8. The highest BCUT2D eigenvalue weighted by Crippen LogP contribution is 2.23. The molecule has 4 aromatic heterocycles. The number of carbonyl (C=O) groups excluding carboxylic acids is 1. The Hall–Kier alpha value is -4.08. The molecule has 0 bridgehead atoms. The molecule has 0 unspecified atom stereocenters. The lowest BCUT2D eigenvalue weighted by atomic mass is 10.3. The zero-order valence-corrected chi connectivity index (χ0v) is 14.7. The fourth-order valence-electron chi connectivity index (χ4n) is 2.93. The first kappa shape index (κ1) is 16.1. The molecule has 0 amide bonds. The summed E-state index contributed by atoms with van der Waals surface area (Å²) in [5.41, 5.74) is 2.21. The molecule has 0 radical (unpaired) electrons. The zero-order chi connectivity index (χ0) is 19.1. The van der Waals surface area contributed by atoms with Gasteiger partial charge in [-0.2, -0.15) is 14.6 Å². The summed E-state index contributed by atoms with van der Waals surface area (Å²) >= 11 is 0. The summed E-state index contributed by atoms with van der Waals surface area (Å²) in [6.07, 6.45) is 1.51. The van der Waals surface area contributed by atoms with Crippen molar-refractivity contribution in [3.8, 4) is 17.3 Å². The highest BCUT2D eigenvalue weighted by Gasteiger charge is 2.22. The van der Waals surface area contributed by atoms with Gasteiger partial charge in [0.2, 0.25) is 5.82 Å². The highest BCUT2D eigenvalue weighted by molar-refractivity contribution is 5.82. The molecular weight excluding hydrogens is 362 g/mol. The number of aromatic nitrogens is 7. The van der Waals surface area contributed by atoms with Gasteiger partial charge in [0.25, 0.3) is 5.78 Å². The molecule has 10 nitrogen and oxygen atoms in total. The molecule has 5 aromatic rings. The standard InChI is InChI=1S/C18H13N7O3/c1-27-14(26)10-12-15-17(24(22-12)11-6-3-2-4-7-11)25-18(21-20-15)19-16(23-25)13-8-5-9-28-13/h2-9H,10H2,1H3. The summed E-state index contributed by atoms with van der Waals surface area (Å²) in [7, 11) is 1.33. The molecule has 0 aliphatic rings. The second-order valence-electron chi connectivity index (χ2n) is 5.94. The Labute approximate surface area is 157 Å². The molecular formula is C18H13N7O3. The fourth-order valence-corrected chi connectivity index (χ4v) is 2.93. The first-order valence-electron chi connectivity index (χ1n) is 8.42. The second kappa shape index (κ2) is 6.27. The average molecular weight is 375 g/mol. The molecule has 0 N–H and O–H groups in total. The van der Waals surface area contributed by atoms with Gasteiger partial charge < -0.3 is 9.15 Å². The number of rotatable bonds is 4. The lowest BCUT2D eigenvalue weighted by molar-refractivity contribution is -0.139. The normalized spacial score (nSPS) is 11.3. The van der Waals surface area contributed by atoms with Crippen molar-refractivity contribution in [3.05, 3.63) is 54.4 Å². The SMILES string of the molecule is COC(=O)Cc1nn(-c2ccccc2)c2c1nnc1nc(-c3ccco3)nn12. The van der Waals surface area contributed by atoms with Crippen LogP contribution in [0.4, 0.5) is 0 Å². The number of benzene rings is 1. The van der Waals surface area contributed by atoms with Crippen molar-refractivity contribution < 1.29 is 13.9 Å². The van der Waals surface area contributed by atoms with E-state index in [4.69, 9.17) is 9.15 Å². The fraction of sp³-hybridized carbons (Fsp3) is 0.111. The predicted octanol–water partition coefficient (Wildman–Crippen LogP) is 1.83. The Balaban J connectivity index is 1.80. The van der Waals surface area contributed by atoms with E-state index in [-0.39, 0.29) is 6.42 Å². The molecule has 0 saturated carbocycles. The van der Waals surface area contributed by atoms with Crippen molar-refractivity contribution in [2.45, 2.75) is 6.42 Å². The Bertz CT molecular complexity index is 1290. The van der Waals surface area contributed by atoms with Crippen LogP contribution in [0.5, 0.6) is 0 Å². The molecule has 0 atom stereocenters. The number of carbonyl (C=O) groups is 1. The van der Waals surface area contributed by atoms with Crippen molar-refractivity contribution in [1.29, 1.82) is 0 Å². The Morgan fingerprint density at radius 2 is 1.96 bits per heavy atom. The van der Waals surface area contributed by atoms with Gasteiger partial charge in [-0.1, -0.05) is 18.2 Å². The number of hydrogen-bond acceptors (Lipinski definition) is 8. The predicted molar refractivity (Wildman–Crippen MR) is 96.6 cm³/mol. The van der Waals surface area contributed by atoms with Gasteiger partial charge in [0.1, 0.15) is 5.69 Å². The van der Waals surface area contributed by atoms with Gasteiger partial charge in [-0.3, -0.25) is 4.79 Å². The van der Waals surface area contributed by atoms with Crippen LogP contribution in [0.1, 0.15) is 5.69 Å². The van der Waals surface area contributed by atoms with E-state index in [1.54, 1.807) is 27.6 Å². The molecule has 4 heterocycles. The van der Waals surface area contributed by atoms with E-state index in [0.717, 1.165) is 5.69 Å². The van der Waals surface area contributed by atoms with Gasteiger partial charge in [0.15, 0.2) is 16.9 Å². The number of fused-ring (bicyclic) bond motifs is 3. The smallest absolute Gasteiger partial charge is 0.311 e. The van der Waals surface area contributed by atoms with Crippen LogP contribution < -0.4 is 0 Å². The number of para-hydroxylation sites is 1. The van der Waals surface area contributed by atoms with Gasteiger partial charge in [0.05, 0.1) is 25.5 Å². The molecule has 0 spiro atoms.